The van der Waals surface area contributed by atoms with Crippen molar-refractivity contribution in [3.05, 3.63) is 64.4 Å². The smallest absolute Gasteiger partial charge is 0.247 e. The predicted octanol–water partition coefficient (Wildman–Crippen LogP) is 4.07. The van der Waals surface area contributed by atoms with Gasteiger partial charge < -0.3 is 4.74 Å². The van der Waals surface area contributed by atoms with E-state index < -0.39 is 10.0 Å². The van der Waals surface area contributed by atoms with Gasteiger partial charge in [-0.25, -0.2) is 12.8 Å². The number of methoxy groups -OCH3 is 1. The first kappa shape index (κ1) is 18.1. The van der Waals surface area contributed by atoms with Crippen LogP contribution in [0.3, 0.4) is 0 Å². The van der Waals surface area contributed by atoms with Gasteiger partial charge in [0.1, 0.15) is 16.5 Å². The van der Waals surface area contributed by atoms with Crippen LogP contribution in [0.5, 0.6) is 5.75 Å². The van der Waals surface area contributed by atoms with Crippen LogP contribution in [0.4, 0.5) is 4.39 Å². The van der Waals surface area contributed by atoms with E-state index in [1.807, 2.05) is 6.08 Å². The van der Waals surface area contributed by atoms with Crippen molar-refractivity contribution >= 4 is 31.5 Å². The van der Waals surface area contributed by atoms with E-state index in [-0.39, 0.29) is 17.3 Å². The number of hydrogen-bond acceptors (Lipinski definition) is 3. The van der Waals surface area contributed by atoms with Gasteiger partial charge in [-0.1, -0.05) is 34.1 Å². The maximum Gasteiger partial charge on any atom is 0.247 e. The summed E-state index contributed by atoms with van der Waals surface area (Å²) in [6, 6.07) is 11.2. The Labute approximate surface area is 155 Å². The van der Waals surface area contributed by atoms with Gasteiger partial charge in [0.15, 0.2) is 0 Å². The molecule has 0 aromatic heterocycles. The lowest BCUT2D eigenvalue weighted by Gasteiger charge is -2.26. The fraction of sp³-hybridized carbons (Fsp3) is 0.222. The van der Waals surface area contributed by atoms with E-state index in [9.17, 15) is 12.8 Å². The van der Waals surface area contributed by atoms with Crippen molar-refractivity contribution in [2.24, 2.45) is 0 Å². The number of rotatable bonds is 4. The molecule has 0 spiro atoms. The highest BCUT2D eigenvalue weighted by Crippen LogP contribution is 2.32. The topological polar surface area (TPSA) is 46.6 Å². The van der Waals surface area contributed by atoms with Crippen LogP contribution in [0.15, 0.2) is 57.9 Å². The van der Waals surface area contributed by atoms with Gasteiger partial charge in [0.25, 0.3) is 0 Å². The molecule has 0 radical (unpaired) electrons. The van der Waals surface area contributed by atoms with Gasteiger partial charge >= 0.3 is 0 Å². The summed E-state index contributed by atoms with van der Waals surface area (Å²) in [5, 5.41) is 0. The van der Waals surface area contributed by atoms with E-state index in [4.69, 9.17) is 4.74 Å². The van der Waals surface area contributed by atoms with E-state index in [0.29, 0.717) is 23.2 Å². The third-order valence-electron chi connectivity index (χ3n) is 4.13. The van der Waals surface area contributed by atoms with Crippen LogP contribution in [-0.4, -0.2) is 32.9 Å². The molecule has 0 N–H and O–H groups in total. The third kappa shape index (κ3) is 3.78. The first-order chi connectivity index (χ1) is 11.9. The minimum Gasteiger partial charge on any atom is -0.495 e. The standard InChI is InChI=1S/C18H17BrFNO3S/c1-24-17-7-4-15(19)12-18(17)25(22,23)21-10-8-14(9-11-21)13-2-5-16(20)6-3-13/h2-8,12H,9-11H2,1H3. The molecule has 132 valence electrons. The second-order valence-corrected chi connectivity index (χ2v) is 8.47. The molecular weight excluding hydrogens is 409 g/mol. The lowest BCUT2D eigenvalue weighted by Crippen LogP contribution is -2.34. The molecule has 0 saturated heterocycles. The molecule has 3 rings (SSSR count). The number of nitrogens with zero attached hydrogens (tertiary/aromatic N) is 1. The van der Waals surface area contributed by atoms with Gasteiger partial charge in [-0.05, 0) is 47.9 Å². The summed E-state index contributed by atoms with van der Waals surface area (Å²) < 4.78 is 46.2. The van der Waals surface area contributed by atoms with E-state index in [2.05, 4.69) is 15.9 Å². The first-order valence-corrected chi connectivity index (χ1v) is 9.94. The summed E-state index contributed by atoms with van der Waals surface area (Å²) in [6.07, 6.45) is 2.44. The molecule has 1 aliphatic heterocycles. The van der Waals surface area contributed by atoms with Crippen molar-refractivity contribution in [1.29, 1.82) is 0 Å². The second kappa shape index (κ2) is 7.27. The second-order valence-electron chi connectivity index (χ2n) is 5.64. The van der Waals surface area contributed by atoms with Crippen molar-refractivity contribution in [3.63, 3.8) is 0 Å². The Morgan fingerprint density at radius 1 is 1.16 bits per heavy atom. The largest absolute Gasteiger partial charge is 0.495 e. The molecule has 1 aliphatic rings. The van der Waals surface area contributed by atoms with Gasteiger partial charge in [-0.2, -0.15) is 4.31 Å². The molecule has 0 saturated carbocycles. The van der Waals surface area contributed by atoms with Gasteiger partial charge in [0.2, 0.25) is 10.0 Å². The van der Waals surface area contributed by atoms with Crippen LogP contribution in [0.25, 0.3) is 5.57 Å². The predicted molar refractivity (Wildman–Crippen MR) is 98.4 cm³/mol. The van der Waals surface area contributed by atoms with Crippen molar-refractivity contribution in [1.82, 2.24) is 4.31 Å². The molecule has 2 aromatic rings. The lowest BCUT2D eigenvalue weighted by atomic mass is 10.0. The van der Waals surface area contributed by atoms with Crippen LogP contribution >= 0.6 is 15.9 Å². The molecule has 0 aliphatic carbocycles. The van der Waals surface area contributed by atoms with Crippen molar-refractivity contribution < 1.29 is 17.5 Å². The number of hydrogen-bond donors (Lipinski definition) is 0. The van der Waals surface area contributed by atoms with Crippen molar-refractivity contribution in [2.45, 2.75) is 11.3 Å². The molecule has 7 heteroatoms. The maximum atomic E-state index is 13.0. The highest BCUT2D eigenvalue weighted by atomic mass is 79.9. The average Bonchev–Trinajstić information content (AvgIpc) is 2.62. The zero-order valence-corrected chi connectivity index (χ0v) is 16.0. The zero-order chi connectivity index (χ0) is 18.0. The van der Waals surface area contributed by atoms with E-state index in [0.717, 1.165) is 11.1 Å². The van der Waals surface area contributed by atoms with Crippen molar-refractivity contribution in [3.8, 4) is 5.75 Å². The van der Waals surface area contributed by atoms with Gasteiger partial charge in [-0.15, -0.1) is 0 Å². The fourth-order valence-electron chi connectivity index (χ4n) is 2.79. The van der Waals surface area contributed by atoms with E-state index in [1.165, 1.54) is 23.5 Å². The van der Waals surface area contributed by atoms with Gasteiger partial charge in [0, 0.05) is 17.6 Å². The highest BCUT2D eigenvalue weighted by Gasteiger charge is 2.29. The van der Waals surface area contributed by atoms with Gasteiger partial charge in [-0.3, -0.25) is 0 Å². The minimum atomic E-state index is -3.67. The lowest BCUT2D eigenvalue weighted by molar-refractivity contribution is 0.395. The van der Waals surface area contributed by atoms with Crippen LogP contribution in [0.2, 0.25) is 0 Å². The van der Waals surface area contributed by atoms with Crippen molar-refractivity contribution in [2.75, 3.05) is 20.2 Å². The summed E-state index contributed by atoms with van der Waals surface area (Å²) in [6.45, 7) is 0.631. The van der Waals surface area contributed by atoms with Crippen LogP contribution in [0.1, 0.15) is 12.0 Å². The number of sulfonamides is 1. The normalized spacial score (nSPS) is 15.7. The summed E-state index contributed by atoms with van der Waals surface area (Å²) in [4.78, 5) is 0.142. The van der Waals surface area contributed by atoms with Crippen LogP contribution < -0.4 is 4.74 Å². The number of ether oxygens (including phenoxy) is 1. The van der Waals surface area contributed by atoms with E-state index in [1.54, 1.807) is 30.3 Å². The molecular formula is C18H17BrFNO3S. The molecule has 2 aromatic carbocycles. The Hall–Kier alpha value is -1.70. The maximum absolute atomic E-state index is 13.0. The van der Waals surface area contributed by atoms with E-state index >= 15 is 0 Å². The number of halogens is 2. The summed E-state index contributed by atoms with van der Waals surface area (Å²) in [7, 11) is -2.22. The van der Waals surface area contributed by atoms with Crippen LogP contribution in [0, 0.1) is 5.82 Å². The molecule has 4 nitrogen and oxygen atoms in total. The monoisotopic (exact) mass is 425 g/mol. The molecule has 0 amide bonds. The molecule has 0 unspecified atom stereocenters. The summed E-state index contributed by atoms with van der Waals surface area (Å²) >= 11 is 3.31. The Morgan fingerprint density at radius 3 is 2.48 bits per heavy atom. The first-order valence-electron chi connectivity index (χ1n) is 7.70. The SMILES string of the molecule is COc1ccc(Br)cc1S(=O)(=O)N1CC=C(c2ccc(F)cc2)CC1. The molecule has 1 heterocycles. The van der Waals surface area contributed by atoms with Crippen LogP contribution in [-0.2, 0) is 10.0 Å². The Morgan fingerprint density at radius 2 is 1.88 bits per heavy atom. The Balaban J connectivity index is 1.86. The third-order valence-corrected chi connectivity index (χ3v) is 6.51. The highest BCUT2D eigenvalue weighted by molar-refractivity contribution is 9.10. The molecule has 0 fully saturated rings. The summed E-state index contributed by atoms with van der Waals surface area (Å²) in [5.41, 5.74) is 1.94. The molecule has 25 heavy (non-hydrogen) atoms. The molecule has 0 atom stereocenters. The average molecular weight is 426 g/mol. The molecule has 0 bridgehead atoms. The summed E-state index contributed by atoms with van der Waals surface area (Å²) in [5.74, 6) is 0.0302. The Bertz CT molecular complexity index is 910. The minimum absolute atomic E-state index is 0.142. The Kier molecular flexibility index (Phi) is 5.27. The van der Waals surface area contributed by atoms with Gasteiger partial charge in [0.05, 0.1) is 7.11 Å². The fourth-order valence-corrected chi connectivity index (χ4v) is 4.86. The quantitative estimate of drug-likeness (QED) is 0.741. The zero-order valence-electron chi connectivity index (χ0n) is 13.6. The number of benzene rings is 2.